The molecule has 1 aromatic carbocycles. The summed E-state index contributed by atoms with van der Waals surface area (Å²) >= 11 is 0. The van der Waals surface area contributed by atoms with Crippen LogP contribution in [0.3, 0.4) is 0 Å². The van der Waals surface area contributed by atoms with E-state index in [-0.39, 0.29) is 12.4 Å². The number of benzene rings is 1. The summed E-state index contributed by atoms with van der Waals surface area (Å²) in [5.74, 6) is 0.666. The molecule has 0 unspecified atom stereocenters. The number of piperazine rings is 1. The van der Waals surface area contributed by atoms with Crippen molar-refractivity contribution in [1.82, 2.24) is 9.88 Å². The van der Waals surface area contributed by atoms with Crippen LogP contribution in [0.1, 0.15) is 64.0 Å². The first kappa shape index (κ1) is 23.1. The normalized spacial score (nSPS) is 21.8. The highest BCUT2D eigenvalue weighted by Gasteiger charge is 2.39. The number of anilines is 1. The van der Waals surface area contributed by atoms with E-state index in [4.69, 9.17) is 0 Å². The number of nitrogens with zero attached hydrogens (tertiary/aromatic N) is 3. The molecular formula is C26H38ClN3. The fourth-order valence-electron chi connectivity index (χ4n) is 6.08. The van der Waals surface area contributed by atoms with Gasteiger partial charge in [-0.15, -0.1) is 12.4 Å². The fourth-order valence-corrected chi connectivity index (χ4v) is 6.08. The van der Waals surface area contributed by atoms with Crippen LogP contribution >= 0.6 is 12.4 Å². The zero-order valence-corrected chi connectivity index (χ0v) is 19.9. The van der Waals surface area contributed by atoms with Crippen LogP contribution in [0, 0.1) is 10.8 Å². The third-order valence-electron chi connectivity index (χ3n) is 6.80. The highest BCUT2D eigenvalue weighted by molar-refractivity contribution is 5.85. The number of halogens is 1. The van der Waals surface area contributed by atoms with Crippen molar-refractivity contribution in [2.75, 3.05) is 31.1 Å². The summed E-state index contributed by atoms with van der Waals surface area (Å²) in [6, 6.07) is 13.5. The molecule has 2 aliphatic rings. The molecule has 1 aliphatic heterocycles. The second kappa shape index (κ2) is 9.28. The van der Waals surface area contributed by atoms with Gasteiger partial charge in [0.1, 0.15) is 0 Å². The lowest BCUT2D eigenvalue weighted by atomic mass is 9.60. The first-order valence-corrected chi connectivity index (χ1v) is 11.3. The lowest BCUT2D eigenvalue weighted by Gasteiger charge is -2.46. The topological polar surface area (TPSA) is 19.4 Å². The summed E-state index contributed by atoms with van der Waals surface area (Å²) < 4.78 is 0. The van der Waals surface area contributed by atoms with Gasteiger partial charge in [-0.25, -0.2) is 0 Å². The van der Waals surface area contributed by atoms with E-state index < -0.39 is 0 Å². The number of hydrogen-bond acceptors (Lipinski definition) is 3. The van der Waals surface area contributed by atoms with Crippen LogP contribution in [0.2, 0.25) is 0 Å². The molecular weight excluding hydrogens is 390 g/mol. The molecule has 4 rings (SSSR count). The van der Waals surface area contributed by atoms with E-state index in [0.717, 1.165) is 32.7 Å². The molecule has 1 aliphatic carbocycles. The number of rotatable bonds is 4. The smallest absolute Gasteiger partial charge is 0.0402 e. The average Bonchev–Trinajstić information content (AvgIpc) is 2.67. The fraction of sp³-hybridized carbons (Fsp3) is 0.577. The minimum atomic E-state index is 0. The van der Waals surface area contributed by atoms with Gasteiger partial charge in [-0.3, -0.25) is 9.88 Å². The van der Waals surface area contributed by atoms with E-state index >= 15 is 0 Å². The van der Waals surface area contributed by atoms with Crippen LogP contribution in [-0.2, 0) is 6.54 Å². The molecule has 164 valence electrons. The second-order valence-corrected chi connectivity index (χ2v) is 10.8. The van der Waals surface area contributed by atoms with Gasteiger partial charge in [-0.05, 0) is 65.3 Å². The molecule has 0 atom stereocenters. The van der Waals surface area contributed by atoms with E-state index in [1.165, 1.54) is 30.5 Å². The predicted octanol–water partition coefficient (Wildman–Crippen LogP) is 6.15. The van der Waals surface area contributed by atoms with Gasteiger partial charge in [0.25, 0.3) is 0 Å². The zero-order valence-electron chi connectivity index (χ0n) is 19.1. The average molecular weight is 428 g/mol. The van der Waals surface area contributed by atoms with E-state index in [1.54, 1.807) is 5.56 Å². The van der Waals surface area contributed by atoms with Crippen molar-refractivity contribution in [2.24, 2.45) is 10.8 Å². The quantitative estimate of drug-likeness (QED) is 0.583. The summed E-state index contributed by atoms with van der Waals surface area (Å²) in [7, 11) is 0. The number of para-hydroxylation sites is 1. The van der Waals surface area contributed by atoms with Gasteiger partial charge in [0.15, 0.2) is 0 Å². The molecule has 2 heterocycles. The van der Waals surface area contributed by atoms with Gasteiger partial charge in [0, 0.05) is 50.8 Å². The summed E-state index contributed by atoms with van der Waals surface area (Å²) in [5, 5.41) is 0. The number of aromatic nitrogens is 1. The van der Waals surface area contributed by atoms with Crippen molar-refractivity contribution in [3.8, 4) is 0 Å². The van der Waals surface area contributed by atoms with Crippen LogP contribution in [0.4, 0.5) is 5.69 Å². The summed E-state index contributed by atoms with van der Waals surface area (Å²) in [6.45, 7) is 15.3. The van der Waals surface area contributed by atoms with E-state index in [9.17, 15) is 0 Å². The predicted molar refractivity (Wildman–Crippen MR) is 130 cm³/mol. The van der Waals surface area contributed by atoms with Crippen molar-refractivity contribution in [2.45, 2.75) is 59.4 Å². The van der Waals surface area contributed by atoms with Crippen molar-refractivity contribution in [3.05, 3.63) is 59.9 Å². The van der Waals surface area contributed by atoms with Crippen LogP contribution in [0.15, 0.2) is 48.8 Å². The molecule has 0 bridgehead atoms. The molecule has 2 fully saturated rings. The largest absolute Gasteiger partial charge is 0.369 e. The third kappa shape index (κ3) is 5.56. The van der Waals surface area contributed by atoms with Gasteiger partial charge < -0.3 is 4.90 Å². The Morgan fingerprint density at radius 1 is 0.867 bits per heavy atom. The van der Waals surface area contributed by atoms with Crippen LogP contribution < -0.4 is 4.90 Å². The van der Waals surface area contributed by atoms with Crippen LogP contribution in [0.5, 0.6) is 0 Å². The van der Waals surface area contributed by atoms with Crippen molar-refractivity contribution in [3.63, 3.8) is 0 Å². The minimum Gasteiger partial charge on any atom is -0.369 e. The minimum absolute atomic E-state index is 0. The molecule has 3 nitrogen and oxygen atoms in total. The highest BCUT2D eigenvalue weighted by Crippen LogP contribution is 2.53. The molecule has 0 radical (unpaired) electrons. The molecule has 2 aromatic rings. The molecule has 1 saturated heterocycles. The Kier molecular flexibility index (Phi) is 7.14. The Balaban J connectivity index is 0.00000256. The van der Waals surface area contributed by atoms with E-state index in [2.05, 4.69) is 78.9 Å². The monoisotopic (exact) mass is 427 g/mol. The molecule has 4 heteroatoms. The van der Waals surface area contributed by atoms with Gasteiger partial charge in [-0.2, -0.15) is 0 Å². The van der Waals surface area contributed by atoms with Crippen molar-refractivity contribution >= 4 is 18.1 Å². The van der Waals surface area contributed by atoms with Gasteiger partial charge in [-0.1, -0.05) is 45.9 Å². The SMILES string of the molecule is CC1(C)CC(c2ccccc2N2CCN(Cc3ccncc3)CC2)CC(C)(C)C1.Cl. The number of hydrogen-bond donors (Lipinski definition) is 0. The Morgan fingerprint density at radius 2 is 1.47 bits per heavy atom. The standard InChI is InChI=1S/C26H37N3.ClH/c1-25(2)17-22(18-26(3,4)20-25)23-7-5-6-8-24(23)29-15-13-28(14-16-29)19-21-9-11-27-12-10-21;/h5-12,22H,13-20H2,1-4H3;1H. The van der Waals surface area contributed by atoms with Crippen molar-refractivity contribution in [1.29, 1.82) is 0 Å². The van der Waals surface area contributed by atoms with Gasteiger partial charge in [0.05, 0.1) is 0 Å². The molecule has 30 heavy (non-hydrogen) atoms. The summed E-state index contributed by atoms with van der Waals surface area (Å²) in [5.41, 5.74) is 5.26. The maximum atomic E-state index is 4.14. The third-order valence-corrected chi connectivity index (χ3v) is 6.80. The van der Waals surface area contributed by atoms with Gasteiger partial charge in [0.2, 0.25) is 0 Å². The lowest BCUT2D eigenvalue weighted by Crippen LogP contribution is -2.46. The Hall–Kier alpha value is -1.58. The van der Waals surface area contributed by atoms with Gasteiger partial charge >= 0.3 is 0 Å². The van der Waals surface area contributed by atoms with E-state index in [1.807, 2.05) is 12.4 Å². The summed E-state index contributed by atoms with van der Waals surface area (Å²) in [6.07, 6.45) is 7.72. The molecule has 1 aromatic heterocycles. The van der Waals surface area contributed by atoms with Crippen LogP contribution in [-0.4, -0.2) is 36.1 Å². The molecule has 0 amide bonds. The van der Waals surface area contributed by atoms with Crippen LogP contribution in [0.25, 0.3) is 0 Å². The Bertz CT molecular complexity index is 794. The van der Waals surface area contributed by atoms with E-state index in [0.29, 0.717) is 16.7 Å². The molecule has 0 spiro atoms. The maximum Gasteiger partial charge on any atom is 0.0402 e. The molecule has 1 saturated carbocycles. The first-order valence-electron chi connectivity index (χ1n) is 11.3. The summed E-state index contributed by atoms with van der Waals surface area (Å²) in [4.78, 5) is 9.34. The maximum absolute atomic E-state index is 4.14. The molecule has 0 N–H and O–H groups in total. The van der Waals surface area contributed by atoms with Crippen molar-refractivity contribution < 1.29 is 0 Å². The highest BCUT2D eigenvalue weighted by atomic mass is 35.5. The zero-order chi connectivity index (χ0) is 20.5. The lowest BCUT2D eigenvalue weighted by molar-refractivity contribution is 0.0970. The Morgan fingerprint density at radius 3 is 2.10 bits per heavy atom. The Labute approximate surface area is 189 Å². The number of pyridine rings is 1. The first-order chi connectivity index (χ1) is 13.8. The second-order valence-electron chi connectivity index (χ2n) is 10.8.